The summed E-state index contributed by atoms with van der Waals surface area (Å²) < 4.78 is 27.6. The number of amides is 1. The number of nitro benzene ring substituents is 1. The molecule has 0 aliphatic heterocycles. The topological polar surface area (TPSA) is 131 Å². The normalized spacial score (nSPS) is 11.3. The number of hydrogen-bond donors (Lipinski definition) is 2. The molecule has 0 heterocycles. The number of para-hydroxylation sites is 1. The van der Waals surface area contributed by atoms with Gasteiger partial charge >= 0.3 is 0 Å². The highest BCUT2D eigenvalue weighted by molar-refractivity contribution is 7.92. The predicted octanol–water partition coefficient (Wildman–Crippen LogP) is 4.47. The summed E-state index contributed by atoms with van der Waals surface area (Å²) in [6.07, 6.45) is 1.15. The van der Waals surface area contributed by atoms with E-state index in [1.807, 2.05) is 0 Å². The zero-order valence-electron chi connectivity index (χ0n) is 16.0. The molecule has 0 aliphatic rings. The maximum Gasteiger partial charge on any atom is 0.273 e. The number of nitro groups is 1. The highest BCUT2D eigenvalue weighted by atomic mass is 35.5. The van der Waals surface area contributed by atoms with Crippen molar-refractivity contribution in [3.63, 3.8) is 0 Å². The highest BCUT2D eigenvalue weighted by Crippen LogP contribution is 2.22. The van der Waals surface area contributed by atoms with Crippen LogP contribution in [-0.4, -0.2) is 25.5 Å². The van der Waals surface area contributed by atoms with Gasteiger partial charge in [0.2, 0.25) is 0 Å². The van der Waals surface area contributed by atoms with Crippen LogP contribution in [0.15, 0.2) is 76.7 Å². The number of hydrogen-bond acceptors (Lipinski definition) is 6. The Morgan fingerprint density at radius 3 is 2.41 bits per heavy atom. The first-order chi connectivity index (χ1) is 15.2. The molecular weight excluding hydrogens is 479 g/mol. The van der Waals surface area contributed by atoms with Crippen LogP contribution < -0.4 is 10.1 Å². The zero-order valence-corrected chi connectivity index (χ0v) is 18.4. The van der Waals surface area contributed by atoms with Gasteiger partial charge in [0.05, 0.1) is 27.3 Å². The van der Waals surface area contributed by atoms with Crippen LogP contribution in [0.25, 0.3) is 0 Å². The molecule has 3 aromatic rings. The largest absolute Gasteiger partial charge is 0.279 e. The number of benzene rings is 3. The fourth-order valence-electron chi connectivity index (χ4n) is 2.55. The zero-order chi connectivity index (χ0) is 23.3. The van der Waals surface area contributed by atoms with Crippen LogP contribution in [0.4, 0.5) is 11.4 Å². The lowest BCUT2D eigenvalue weighted by Gasteiger charge is -2.11. The Kier molecular flexibility index (Phi) is 7.08. The SMILES string of the molecule is O=C(N/N=C/c1cc([N+](=O)[O-])ccc1Cl)c1ccccc1NS(=O)(=O)c1ccc(Cl)cc1. The lowest BCUT2D eigenvalue weighted by atomic mass is 10.2. The molecule has 0 fully saturated rings. The van der Waals surface area contributed by atoms with E-state index in [4.69, 9.17) is 23.2 Å². The number of sulfonamides is 1. The van der Waals surface area contributed by atoms with E-state index in [2.05, 4.69) is 15.2 Å². The van der Waals surface area contributed by atoms with Crippen LogP contribution in [0.1, 0.15) is 15.9 Å². The summed E-state index contributed by atoms with van der Waals surface area (Å²) >= 11 is 11.8. The second-order valence-corrected chi connectivity index (χ2v) is 8.79. The number of carbonyl (C=O) groups excluding carboxylic acids is 1. The summed E-state index contributed by atoms with van der Waals surface area (Å²) in [6.45, 7) is 0. The van der Waals surface area contributed by atoms with E-state index >= 15 is 0 Å². The first-order valence-electron chi connectivity index (χ1n) is 8.82. The molecule has 32 heavy (non-hydrogen) atoms. The van der Waals surface area contributed by atoms with Crippen LogP contribution in [0, 0.1) is 10.1 Å². The molecule has 3 rings (SSSR count). The van der Waals surface area contributed by atoms with Gasteiger partial charge in [-0.2, -0.15) is 5.10 Å². The Hall–Kier alpha value is -3.47. The Labute approximate surface area is 192 Å². The van der Waals surface area contributed by atoms with Gasteiger partial charge in [-0.3, -0.25) is 19.6 Å². The van der Waals surface area contributed by atoms with Crippen molar-refractivity contribution in [2.45, 2.75) is 4.90 Å². The molecule has 0 saturated heterocycles. The van der Waals surface area contributed by atoms with Crippen LogP contribution in [0.5, 0.6) is 0 Å². The molecule has 12 heteroatoms. The van der Waals surface area contributed by atoms with Crippen molar-refractivity contribution in [1.29, 1.82) is 0 Å². The highest BCUT2D eigenvalue weighted by Gasteiger charge is 2.18. The van der Waals surface area contributed by atoms with Crippen molar-refractivity contribution in [2.75, 3.05) is 4.72 Å². The minimum absolute atomic E-state index is 0.00678. The van der Waals surface area contributed by atoms with Crippen LogP contribution in [-0.2, 0) is 10.0 Å². The number of nitrogens with one attached hydrogen (secondary N) is 2. The first-order valence-corrected chi connectivity index (χ1v) is 11.1. The second-order valence-electron chi connectivity index (χ2n) is 6.27. The van der Waals surface area contributed by atoms with Gasteiger partial charge in [0, 0.05) is 27.7 Å². The number of hydrazone groups is 1. The molecule has 0 atom stereocenters. The molecule has 164 valence electrons. The molecule has 0 aromatic heterocycles. The Bertz CT molecular complexity index is 1310. The van der Waals surface area contributed by atoms with Gasteiger partial charge in [0.25, 0.3) is 21.6 Å². The molecule has 9 nitrogen and oxygen atoms in total. The Morgan fingerprint density at radius 2 is 1.72 bits per heavy atom. The van der Waals surface area contributed by atoms with Gasteiger partial charge in [0.1, 0.15) is 0 Å². The van der Waals surface area contributed by atoms with E-state index in [9.17, 15) is 23.3 Å². The molecule has 0 spiro atoms. The fraction of sp³-hybridized carbons (Fsp3) is 0. The van der Waals surface area contributed by atoms with Crippen LogP contribution in [0.2, 0.25) is 10.0 Å². The van der Waals surface area contributed by atoms with Gasteiger partial charge < -0.3 is 0 Å². The first kappa shape index (κ1) is 23.2. The molecule has 0 bridgehead atoms. The van der Waals surface area contributed by atoms with E-state index < -0.39 is 20.9 Å². The van der Waals surface area contributed by atoms with Gasteiger partial charge in [-0.1, -0.05) is 35.3 Å². The van der Waals surface area contributed by atoms with Gasteiger partial charge in [0.15, 0.2) is 0 Å². The molecule has 0 unspecified atom stereocenters. The third-order valence-electron chi connectivity index (χ3n) is 4.10. The molecule has 0 aliphatic carbocycles. The summed E-state index contributed by atoms with van der Waals surface area (Å²) in [5, 5.41) is 15.2. The summed E-state index contributed by atoms with van der Waals surface area (Å²) in [7, 11) is -3.98. The predicted molar refractivity (Wildman–Crippen MR) is 122 cm³/mol. The smallest absolute Gasteiger partial charge is 0.273 e. The van der Waals surface area contributed by atoms with E-state index in [0.29, 0.717) is 5.02 Å². The average molecular weight is 493 g/mol. The summed E-state index contributed by atoms with van der Waals surface area (Å²) in [6, 6.07) is 15.2. The number of halogens is 2. The second kappa shape index (κ2) is 9.77. The van der Waals surface area contributed by atoms with E-state index in [0.717, 1.165) is 6.21 Å². The summed E-state index contributed by atoms with van der Waals surface area (Å²) in [4.78, 5) is 22.8. The Morgan fingerprint density at radius 1 is 1.03 bits per heavy atom. The van der Waals surface area contributed by atoms with Crippen molar-refractivity contribution in [2.24, 2.45) is 5.10 Å². The molecule has 3 aromatic carbocycles. The fourth-order valence-corrected chi connectivity index (χ4v) is 3.92. The van der Waals surface area contributed by atoms with Crippen molar-refractivity contribution in [1.82, 2.24) is 5.43 Å². The summed E-state index contributed by atoms with van der Waals surface area (Å²) in [5.74, 6) is -0.711. The van der Waals surface area contributed by atoms with Crippen molar-refractivity contribution in [3.8, 4) is 0 Å². The number of rotatable bonds is 7. The van der Waals surface area contributed by atoms with E-state index in [1.54, 1.807) is 12.1 Å². The van der Waals surface area contributed by atoms with Crippen LogP contribution >= 0.6 is 23.2 Å². The quantitative estimate of drug-likeness (QED) is 0.285. The van der Waals surface area contributed by atoms with Crippen molar-refractivity contribution < 1.29 is 18.1 Å². The monoisotopic (exact) mass is 492 g/mol. The minimum atomic E-state index is -3.98. The number of carbonyl (C=O) groups is 1. The number of non-ortho nitro benzene ring substituents is 1. The average Bonchev–Trinajstić information content (AvgIpc) is 2.75. The summed E-state index contributed by atoms with van der Waals surface area (Å²) in [5.41, 5.74) is 2.31. The number of anilines is 1. The maximum atomic E-state index is 12.6. The van der Waals surface area contributed by atoms with Crippen molar-refractivity contribution in [3.05, 3.63) is 98.0 Å². The van der Waals surface area contributed by atoms with Gasteiger partial charge in [-0.05, 0) is 42.5 Å². The van der Waals surface area contributed by atoms with Gasteiger partial charge in [-0.15, -0.1) is 0 Å². The maximum absolute atomic E-state index is 12.6. The van der Waals surface area contributed by atoms with Crippen molar-refractivity contribution >= 4 is 56.7 Å². The molecule has 0 radical (unpaired) electrons. The number of nitrogens with zero attached hydrogens (tertiary/aromatic N) is 2. The molecular formula is C20H14Cl2N4O5S. The lowest BCUT2D eigenvalue weighted by Crippen LogP contribution is -2.21. The van der Waals surface area contributed by atoms with Crippen LogP contribution in [0.3, 0.4) is 0 Å². The Balaban J connectivity index is 1.79. The lowest BCUT2D eigenvalue weighted by molar-refractivity contribution is -0.384. The minimum Gasteiger partial charge on any atom is -0.279 e. The standard InChI is InChI=1S/C20H14Cl2N4O5S/c21-14-5-8-16(9-6-14)32(30,31)25-19-4-2-1-3-17(19)20(27)24-23-12-13-11-15(26(28)29)7-10-18(13)22/h1-12,25H,(H,24,27)/b23-12+. The van der Waals surface area contributed by atoms with Gasteiger partial charge in [-0.25, -0.2) is 13.8 Å². The van der Waals surface area contributed by atoms with E-state index in [1.165, 1.54) is 54.6 Å². The van der Waals surface area contributed by atoms with E-state index in [-0.39, 0.29) is 32.4 Å². The molecule has 1 amide bonds. The molecule has 0 saturated carbocycles. The molecule has 2 N–H and O–H groups in total. The third kappa shape index (κ3) is 5.61. The third-order valence-corrected chi connectivity index (χ3v) is 6.08.